The van der Waals surface area contributed by atoms with Gasteiger partial charge in [-0.3, -0.25) is 0 Å². The zero-order valence-electron chi connectivity index (χ0n) is 12.8. The highest BCUT2D eigenvalue weighted by molar-refractivity contribution is 5.87. The molecular weight excluding hydrogens is 284 g/mol. The van der Waals surface area contributed by atoms with E-state index >= 15 is 0 Å². The molecule has 3 aromatic rings. The molecule has 0 amide bonds. The Morgan fingerprint density at radius 2 is 1.13 bits per heavy atom. The van der Waals surface area contributed by atoms with Crippen LogP contribution in [0.15, 0.2) is 78.9 Å². The molecule has 2 heteroatoms. The van der Waals surface area contributed by atoms with Gasteiger partial charge in [-0.1, -0.05) is 66.7 Å². The van der Waals surface area contributed by atoms with Crippen molar-refractivity contribution >= 4 is 5.97 Å². The maximum atomic E-state index is 10.8. The summed E-state index contributed by atoms with van der Waals surface area (Å²) in [6.07, 6.45) is 1.85. The molecule has 0 bridgehead atoms. The standard InChI is InChI=1S/C21H18O2/c22-21(23)20-14-10-17(11-15-20)7-6-16-8-12-19(13-9-16)18-4-2-1-3-5-18/h1-5,8-15H,6-7H2,(H,22,23). The lowest BCUT2D eigenvalue weighted by molar-refractivity contribution is 0.0697. The molecule has 0 radical (unpaired) electrons. The molecule has 3 rings (SSSR count). The first-order valence-electron chi connectivity index (χ1n) is 7.69. The number of carboxylic acid groups (broad SMARTS) is 1. The molecule has 0 spiro atoms. The Morgan fingerprint density at radius 3 is 1.65 bits per heavy atom. The van der Waals surface area contributed by atoms with Crippen LogP contribution in [0.5, 0.6) is 0 Å². The van der Waals surface area contributed by atoms with Crippen molar-refractivity contribution in [2.45, 2.75) is 12.8 Å². The summed E-state index contributed by atoms with van der Waals surface area (Å²) < 4.78 is 0. The zero-order chi connectivity index (χ0) is 16.1. The van der Waals surface area contributed by atoms with Crippen LogP contribution in [0.4, 0.5) is 0 Å². The summed E-state index contributed by atoms with van der Waals surface area (Å²) in [7, 11) is 0. The van der Waals surface area contributed by atoms with Gasteiger partial charge in [0.1, 0.15) is 0 Å². The van der Waals surface area contributed by atoms with E-state index in [1.807, 2.05) is 30.3 Å². The van der Waals surface area contributed by atoms with Gasteiger partial charge in [0.15, 0.2) is 0 Å². The zero-order valence-corrected chi connectivity index (χ0v) is 12.8. The smallest absolute Gasteiger partial charge is 0.335 e. The van der Waals surface area contributed by atoms with Gasteiger partial charge in [-0.2, -0.15) is 0 Å². The molecule has 0 saturated carbocycles. The first kappa shape index (κ1) is 15.0. The molecule has 0 unspecified atom stereocenters. The molecule has 0 fully saturated rings. The van der Waals surface area contributed by atoms with E-state index in [0.29, 0.717) is 5.56 Å². The monoisotopic (exact) mass is 302 g/mol. The molecule has 0 saturated heterocycles. The van der Waals surface area contributed by atoms with E-state index in [-0.39, 0.29) is 0 Å². The van der Waals surface area contributed by atoms with Crippen molar-refractivity contribution in [3.63, 3.8) is 0 Å². The molecule has 114 valence electrons. The molecule has 0 atom stereocenters. The van der Waals surface area contributed by atoms with E-state index in [1.54, 1.807) is 12.1 Å². The van der Waals surface area contributed by atoms with Crippen molar-refractivity contribution in [3.8, 4) is 11.1 Å². The van der Waals surface area contributed by atoms with Crippen LogP contribution >= 0.6 is 0 Å². The molecule has 0 aliphatic heterocycles. The minimum atomic E-state index is -0.881. The summed E-state index contributed by atoms with van der Waals surface area (Å²) in [4.78, 5) is 10.8. The molecule has 23 heavy (non-hydrogen) atoms. The Bertz CT molecular complexity index is 772. The van der Waals surface area contributed by atoms with E-state index in [9.17, 15) is 4.79 Å². The fraction of sp³-hybridized carbons (Fsp3) is 0.0952. The maximum absolute atomic E-state index is 10.8. The highest BCUT2D eigenvalue weighted by Gasteiger charge is 2.02. The number of carboxylic acids is 1. The topological polar surface area (TPSA) is 37.3 Å². The number of aryl methyl sites for hydroxylation is 2. The summed E-state index contributed by atoms with van der Waals surface area (Å²) >= 11 is 0. The van der Waals surface area contributed by atoms with Gasteiger partial charge in [-0.25, -0.2) is 4.79 Å². The lowest BCUT2D eigenvalue weighted by Crippen LogP contribution is -1.97. The number of hydrogen-bond donors (Lipinski definition) is 1. The highest BCUT2D eigenvalue weighted by atomic mass is 16.4. The minimum absolute atomic E-state index is 0.334. The first-order valence-corrected chi connectivity index (χ1v) is 7.69. The third kappa shape index (κ3) is 3.86. The van der Waals surface area contributed by atoms with E-state index in [1.165, 1.54) is 16.7 Å². The normalized spacial score (nSPS) is 10.4. The van der Waals surface area contributed by atoms with Crippen LogP contribution in [0.3, 0.4) is 0 Å². The summed E-state index contributed by atoms with van der Waals surface area (Å²) in [5.41, 5.74) is 5.22. The van der Waals surface area contributed by atoms with Crippen LogP contribution in [-0.4, -0.2) is 11.1 Å². The second kappa shape index (κ2) is 6.93. The lowest BCUT2D eigenvalue weighted by atomic mass is 10.00. The maximum Gasteiger partial charge on any atom is 0.335 e. The second-order valence-corrected chi connectivity index (χ2v) is 5.57. The Balaban J connectivity index is 1.63. The summed E-state index contributed by atoms with van der Waals surface area (Å²) in [6.45, 7) is 0. The molecule has 0 aliphatic carbocycles. The number of carbonyl (C=O) groups is 1. The van der Waals surface area contributed by atoms with Gasteiger partial charge >= 0.3 is 5.97 Å². The van der Waals surface area contributed by atoms with Crippen LogP contribution in [0, 0.1) is 0 Å². The third-order valence-corrected chi connectivity index (χ3v) is 3.96. The summed E-state index contributed by atoms with van der Waals surface area (Å²) in [6, 6.07) is 26.1. The van der Waals surface area contributed by atoms with Crippen molar-refractivity contribution in [1.82, 2.24) is 0 Å². The molecule has 0 aliphatic rings. The predicted octanol–water partition coefficient (Wildman–Crippen LogP) is 4.84. The van der Waals surface area contributed by atoms with Crippen molar-refractivity contribution < 1.29 is 9.90 Å². The van der Waals surface area contributed by atoms with Crippen LogP contribution in [-0.2, 0) is 12.8 Å². The fourth-order valence-electron chi connectivity index (χ4n) is 2.60. The summed E-state index contributed by atoms with van der Waals surface area (Å²) in [5.74, 6) is -0.881. The Hall–Kier alpha value is -2.87. The lowest BCUT2D eigenvalue weighted by Gasteiger charge is -2.05. The Labute approximate surface area is 136 Å². The van der Waals surface area contributed by atoms with Gasteiger partial charge in [0.2, 0.25) is 0 Å². The first-order chi connectivity index (χ1) is 11.2. The van der Waals surface area contributed by atoms with E-state index < -0.39 is 5.97 Å². The second-order valence-electron chi connectivity index (χ2n) is 5.57. The average Bonchev–Trinajstić information content (AvgIpc) is 2.61. The molecule has 0 aromatic heterocycles. The summed E-state index contributed by atoms with van der Waals surface area (Å²) in [5, 5.41) is 8.90. The highest BCUT2D eigenvalue weighted by Crippen LogP contribution is 2.20. The van der Waals surface area contributed by atoms with Gasteiger partial charge in [0, 0.05) is 0 Å². The largest absolute Gasteiger partial charge is 0.478 e. The molecular formula is C21H18O2. The van der Waals surface area contributed by atoms with Crippen molar-refractivity contribution in [1.29, 1.82) is 0 Å². The van der Waals surface area contributed by atoms with Crippen molar-refractivity contribution in [3.05, 3.63) is 95.6 Å². The minimum Gasteiger partial charge on any atom is -0.478 e. The third-order valence-electron chi connectivity index (χ3n) is 3.96. The van der Waals surface area contributed by atoms with Crippen LogP contribution in [0.2, 0.25) is 0 Å². The van der Waals surface area contributed by atoms with Crippen molar-refractivity contribution in [2.24, 2.45) is 0 Å². The fourth-order valence-corrected chi connectivity index (χ4v) is 2.60. The van der Waals surface area contributed by atoms with E-state index in [2.05, 4.69) is 36.4 Å². The predicted molar refractivity (Wildman–Crippen MR) is 92.7 cm³/mol. The molecule has 3 aromatic carbocycles. The quantitative estimate of drug-likeness (QED) is 0.732. The van der Waals surface area contributed by atoms with Gasteiger partial charge < -0.3 is 5.11 Å². The number of rotatable bonds is 5. The molecule has 2 nitrogen and oxygen atoms in total. The average molecular weight is 302 g/mol. The Morgan fingerprint density at radius 1 is 0.652 bits per heavy atom. The number of benzene rings is 3. The van der Waals surface area contributed by atoms with E-state index in [4.69, 9.17) is 5.11 Å². The van der Waals surface area contributed by atoms with Gasteiger partial charge in [0.25, 0.3) is 0 Å². The number of hydrogen-bond acceptors (Lipinski definition) is 1. The van der Waals surface area contributed by atoms with Gasteiger partial charge in [-0.05, 0) is 47.2 Å². The SMILES string of the molecule is O=C(O)c1ccc(CCc2ccc(-c3ccccc3)cc2)cc1. The van der Waals surface area contributed by atoms with Crippen molar-refractivity contribution in [2.75, 3.05) is 0 Å². The van der Waals surface area contributed by atoms with Gasteiger partial charge in [0.05, 0.1) is 5.56 Å². The molecule has 0 heterocycles. The van der Waals surface area contributed by atoms with Crippen LogP contribution in [0.25, 0.3) is 11.1 Å². The molecule has 1 N–H and O–H groups in total. The van der Waals surface area contributed by atoms with E-state index in [0.717, 1.165) is 18.4 Å². The van der Waals surface area contributed by atoms with Crippen LogP contribution < -0.4 is 0 Å². The Kier molecular flexibility index (Phi) is 4.53. The van der Waals surface area contributed by atoms with Crippen LogP contribution in [0.1, 0.15) is 21.5 Å². The number of aromatic carboxylic acids is 1. The van der Waals surface area contributed by atoms with Gasteiger partial charge in [-0.15, -0.1) is 0 Å².